The third kappa shape index (κ3) is 3.29. The summed E-state index contributed by atoms with van der Waals surface area (Å²) in [5.41, 5.74) is 0.0654. The fraction of sp³-hybridized carbons (Fsp3) is 0.211. The van der Waals surface area contributed by atoms with Crippen LogP contribution in [0, 0.1) is 10.1 Å². The minimum Gasteiger partial charge on any atom is -0.507 e. The molecule has 2 aromatic carbocycles. The van der Waals surface area contributed by atoms with E-state index in [2.05, 4.69) is 0 Å². The second-order valence-electron chi connectivity index (χ2n) is 6.13. The van der Waals surface area contributed by atoms with Crippen molar-refractivity contribution >= 4 is 16.7 Å². The minimum absolute atomic E-state index is 0.0263. The summed E-state index contributed by atoms with van der Waals surface area (Å²) in [6, 6.07) is 12.3. The number of fused-ring (bicyclic) bond motifs is 1. The van der Waals surface area contributed by atoms with Crippen molar-refractivity contribution in [3.8, 4) is 5.75 Å². The third-order valence-corrected chi connectivity index (χ3v) is 4.25. The van der Waals surface area contributed by atoms with Gasteiger partial charge in [0.1, 0.15) is 11.3 Å². The normalized spacial score (nSPS) is 13.5. The van der Waals surface area contributed by atoms with Gasteiger partial charge in [0.25, 0.3) is 5.69 Å². The molecule has 26 heavy (non-hydrogen) atoms. The van der Waals surface area contributed by atoms with Crippen LogP contribution in [-0.2, 0) is 0 Å². The lowest BCUT2D eigenvalue weighted by Gasteiger charge is -2.20. The fourth-order valence-corrected chi connectivity index (χ4v) is 3.05. The molecule has 1 aromatic heterocycles. The zero-order chi connectivity index (χ0) is 18.8. The van der Waals surface area contributed by atoms with E-state index in [1.54, 1.807) is 31.2 Å². The first-order valence-electron chi connectivity index (χ1n) is 8.05. The van der Waals surface area contributed by atoms with E-state index in [0.29, 0.717) is 10.9 Å². The minimum atomic E-state index is -0.763. The van der Waals surface area contributed by atoms with Crippen molar-refractivity contribution in [1.29, 1.82) is 0 Å². The number of aliphatic hydroxyl groups excluding tert-OH is 1. The van der Waals surface area contributed by atoms with Crippen LogP contribution in [0.4, 0.5) is 5.69 Å². The summed E-state index contributed by atoms with van der Waals surface area (Å²) in [5.74, 6) is -0.877. The van der Waals surface area contributed by atoms with E-state index < -0.39 is 22.6 Å². The van der Waals surface area contributed by atoms with Gasteiger partial charge in [0.2, 0.25) is 0 Å². The number of non-ortho nitro benzene ring substituents is 1. The average molecular weight is 355 g/mol. The topological polar surface area (TPSA) is 114 Å². The first-order chi connectivity index (χ1) is 12.4. The predicted molar refractivity (Wildman–Crippen MR) is 95.4 cm³/mol. The van der Waals surface area contributed by atoms with E-state index in [9.17, 15) is 25.1 Å². The molecule has 0 fully saturated rings. The molecule has 2 unspecified atom stereocenters. The van der Waals surface area contributed by atoms with Gasteiger partial charge < -0.3 is 14.6 Å². The van der Waals surface area contributed by atoms with Gasteiger partial charge in [-0.1, -0.05) is 24.3 Å². The maximum Gasteiger partial charge on any atom is 0.343 e. The molecule has 134 valence electrons. The molecular formula is C19H17NO6. The summed E-state index contributed by atoms with van der Waals surface area (Å²) < 4.78 is 5.31. The molecule has 7 nitrogen and oxygen atoms in total. The van der Waals surface area contributed by atoms with Gasteiger partial charge in [0.15, 0.2) is 0 Å². The van der Waals surface area contributed by atoms with E-state index in [1.807, 2.05) is 0 Å². The Morgan fingerprint density at radius 2 is 1.81 bits per heavy atom. The van der Waals surface area contributed by atoms with Crippen molar-refractivity contribution < 1.29 is 19.6 Å². The quantitative estimate of drug-likeness (QED) is 0.412. The molecule has 0 spiro atoms. The Labute approximate surface area is 148 Å². The maximum atomic E-state index is 12.5. The lowest BCUT2D eigenvalue weighted by molar-refractivity contribution is -0.384. The molecule has 0 aliphatic rings. The average Bonchev–Trinajstić information content (AvgIpc) is 2.60. The van der Waals surface area contributed by atoms with Gasteiger partial charge in [-0.15, -0.1) is 0 Å². The van der Waals surface area contributed by atoms with Crippen molar-refractivity contribution in [3.05, 3.63) is 80.2 Å². The van der Waals surface area contributed by atoms with Gasteiger partial charge in [0.05, 0.1) is 22.0 Å². The Bertz CT molecular complexity index is 1010. The van der Waals surface area contributed by atoms with Crippen molar-refractivity contribution in [2.45, 2.75) is 25.4 Å². The van der Waals surface area contributed by atoms with E-state index in [-0.39, 0.29) is 29.0 Å². The number of nitro groups is 1. The molecule has 2 atom stereocenters. The van der Waals surface area contributed by atoms with Crippen LogP contribution in [-0.4, -0.2) is 21.2 Å². The van der Waals surface area contributed by atoms with Crippen LogP contribution in [0.5, 0.6) is 5.75 Å². The lowest BCUT2D eigenvalue weighted by atomic mass is 9.86. The molecule has 0 saturated heterocycles. The number of aromatic hydroxyl groups is 1. The Kier molecular flexibility index (Phi) is 4.73. The van der Waals surface area contributed by atoms with Crippen LogP contribution in [0.15, 0.2) is 57.7 Å². The zero-order valence-corrected chi connectivity index (χ0v) is 14.0. The molecule has 3 rings (SSSR count). The van der Waals surface area contributed by atoms with Gasteiger partial charge in [-0.2, -0.15) is 0 Å². The van der Waals surface area contributed by atoms with Crippen LogP contribution in [0.2, 0.25) is 0 Å². The lowest BCUT2D eigenvalue weighted by Crippen LogP contribution is -2.18. The molecule has 0 bridgehead atoms. The van der Waals surface area contributed by atoms with E-state index in [4.69, 9.17) is 4.42 Å². The number of nitro benzene ring substituents is 1. The highest BCUT2D eigenvalue weighted by Gasteiger charge is 2.26. The van der Waals surface area contributed by atoms with Crippen molar-refractivity contribution in [1.82, 2.24) is 0 Å². The highest BCUT2D eigenvalue weighted by molar-refractivity contribution is 5.84. The zero-order valence-electron chi connectivity index (χ0n) is 14.0. The van der Waals surface area contributed by atoms with Gasteiger partial charge in [0, 0.05) is 18.1 Å². The number of para-hydroxylation sites is 1. The number of hydrogen-bond donors (Lipinski definition) is 2. The Morgan fingerprint density at radius 1 is 1.15 bits per heavy atom. The van der Waals surface area contributed by atoms with Gasteiger partial charge in [-0.05, 0) is 31.0 Å². The van der Waals surface area contributed by atoms with Crippen molar-refractivity contribution in [2.24, 2.45) is 0 Å². The van der Waals surface area contributed by atoms with Crippen LogP contribution in [0.1, 0.15) is 30.4 Å². The maximum absolute atomic E-state index is 12.5. The Balaban J connectivity index is 2.18. The molecule has 0 saturated carbocycles. The third-order valence-electron chi connectivity index (χ3n) is 4.25. The largest absolute Gasteiger partial charge is 0.507 e. The summed E-state index contributed by atoms with van der Waals surface area (Å²) in [6.45, 7) is 1.57. The van der Waals surface area contributed by atoms with E-state index >= 15 is 0 Å². The molecular weight excluding hydrogens is 338 g/mol. The van der Waals surface area contributed by atoms with Gasteiger partial charge in [-0.25, -0.2) is 4.79 Å². The van der Waals surface area contributed by atoms with E-state index in [1.165, 1.54) is 24.3 Å². The second kappa shape index (κ2) is 6.97. The SMILES string of the molecule is CC(O)CC(c1ccc([N+](=O)[O-])cc1)c1c(O)c2ccccc2oc1=O. The number of benzene rings is 2. The molecule has 3 aromatic rings. The smallest absolute Gasteiger partial charge is 0.343 e. The number of rotatable bonds is 5. The molecule has 0 aliphatic heterocycles. The summed E-state index contributed by atoms with van der Waals surface area (Å²) in [7, 11) is 0. The van der Waals surface area contributed by atoms with E-state index in [0.717, 1.165) is 0 Å². The van der Waals surface area contributed by atoms with Crippen LogP contribution in [0.3, 0.4) is 0 Å². The van der Waals surface area contributed by atoms with Crippen LogP contribution < -0.4 is 5.63 Å². The number of hydrogen-bond acceptors (Lipinski definition) is 6. The molecule has 2 N–H and O–H groups in total. The summed E-state index contributed by atoms with van der Waals surface area (Å²) >= 11 is 0. The van der Waals surface area contributed by atoms with Crippen LogP contribution in [0.25, 0.3) is 11.0 Å². The number of aliphatic hydroxyl groups is 1. The number of nitrogens with zero attached hydrogens (tertiary/aromatic N) is 1. The predicted octanol–water partition coefficient (Wildman–Crippen LogP) is 3.31. The Hall–Kier alpha value is -3.19. The first-order valence-corrected chi connectivity index (χ1v) is 8.05. The van der Waals surface area contributed by atoms with Gasteiger partial charge in [-0.3, -0.25) is 10.1 Å². The standard InChI is InChI=1S/C19H17NO6/c1-11(21)10-15(12-6-8-13(9-7-12)20(24)25)17-18(22)14-4-2-3-5-16(14)26-19(17)23/h2-9,11,15,21-22H,10H2,1H3. The highest BCUT2D eigenvalue weighted by atomic mass is 16.6. The molecule has 0 radical (unpaired) electrons. The second-order valence-corrected chi connectivity index (χ2v) is 6.13. The van der Waals surface area contributed by atoms with Crippen molar-refractivity contribution in [3.63, 3.8) is 0 Å². The molecule has 1 heterocycles. The van der Waals surface area contributed by atoms with Gasteiger partial charge >= 0.3 is 5.63 Å². The summed E-state index contributed by atoms with van der Waals surface area (Å²) in [5, 5.41) is 31.8. The highest BCUT2D eigenvalue weighted by Crippen LogP contribution is 2.37. The Morgan fingerprint density at radius 3 is 2.42 bits per heavy atom. The summed E-state index contributed by atoms with van der Waals surface area (Å²) in [6.07, 6.45) is -0.616. The van der Waals surface area contributed by atoms with Crippen LogP contribution >= 0.6 is 0 Å². The molecule has 0 aliphatic carbocycles. The summed E-state index contributed by atoms with van der Waals surface area (Å²) in [4.78, 5) is 22.8. The first kappa shape index (κ1) is 17.6. The van der Waals surface area contributed by atoms with Crippen molar-refractivity contribution in [2.75, 3.05) is 0 Å². The molecule has 0 amide bonds. The monoisotopic (exact) mass is 355 g/mol. The fourth-order valence-electron chi connectivity index (χ4n) is 3.05. The molecule has 7 heteroatoms.